The molecule has 0 aliphatic carbocycles. The summed E-state index contributed by atoms with van der Waals surface area (Å²) in [5.74, 6) is -1.70. The molecule has 0 amide bonds. The van der Waals surface area contributed by atoms with Crippen LogP contribution in [0.15, 0.2) is 42.5 Å². The van der Waals surface area contributed by atoms with Crippen molar-refractivity contribution in [3.8, 4) is 0 Å². The van der Waals surface area contributed by atoms with E-state index in [0.717, 1.165) is 6.07 Å². The lowest BCUT2D eigenvalue weighted by Crippen LogP contribution is -2.26. The number of ether oxygens (including phenoxy) is 1. The molecule has 2 aromatic carbocycles. The summed E-state index contributed by atoms with van der Waals surface area (Å²) in [5, 5.41) is 10.9. The van der Waals surface area contributed by atoms with Gasteiger partial charge in [-0.25, -0.2) is 4.79 Å². The number of ketones is 2. The van der Waals surface area contributed by atoms with E-state index in [9.17, 15) is 24.5 Å². The largest absolute Gasteiger partial charge is 0.454 e. The second-order valence-electron chi connectivity index (χ2n) is 7.05. The second kappa shape index (κ2) is 8.31. The van der Waals surface area contributed by atoms with Crippen LogP contribution in [0.5, 0.6) is 0 Å². The Morgan fingerprint density at radius 3 is 2.25 bits per heavy atom. The highest BCUT2D eigenvalue weighted by Crippen LogP contribution is 2.27. The molecule has 8 heteroatoms. The van der Waals surface area contributed by atoms with Crippen molar-refractivity contribution in [1.29, 1.82) is 0 Å². The van der Waals surface area contributed by atoms with Gasteiger partial charge in [-0.15, -0.1) is 0 Å². The van der Waals surface area contributed by atoms with Crippen molar-refractivity contribution in [2.45, 2.75) is 20.8 Å². The average molecular weight is 404 g/mol. The summed E-state index contributed by atoms with van der Waals surface area (Å²) < 4.78 is 5.05. The molecule has 28 heavy (non-hydrogen) atoms. The maximum Gasteiger partial charge on any atom is 0.339 e. The molecular weight excluding hydrogens is 386 g/mol. The van der Waals surface area contributed by atoms with Gasteiger partial charge in [-0.1, -0.05) is 50.6 Å². The first-order valence-corrected chi connectivity index (χ1v) is 8.68. The quantitative estimate of drug-likeness (QED) is 0.309. The standard InChI is InChI=1S/C20H18ClNO6/c1-20(2,3)17(23)11-28-19(25)14-7-5-4-6-13(14)18(24)12-8-9-15(21)16(10-12)22(26)27/h4-10H,11H2,1-3H3. The zero-order chi connectivity index (χ0) is 21.1. The maximum atomic E-state index is 12.8. The minimum absolute atomic E-state index is 0.00196. The fourth-order valence-electron chi connectivity index (χ4n) is 2.23. The van der Waals surface area contributed by atoms with Gasteiger partial charge in [-0.2, -0.15) is 0 Å². The van der Waals surface area contributed by atoms with E-state index in [0.29, 0.717) is 0 Å². The van der Waals surface area contributed by atoms with Crippen molar-refractivity contribution in [1.82, 2.24) is 0 Å². The number of hydrogen-bond donors (Lipinski definition) is 0. The molecule has 0 aromatic heterocycles. The average Bonchev–Trinajstić information content (AvgIpc) is 2.64. The minimum atomic E-state index is -0.829. The van der Waals surface area contributed by atoms with E-state index < -0.39 is 34.4 Å². The van der Waals surface area contributed by atoms with Gasteiger partial charge in [0.05, 0.1) is 10.5 Å². The number of benzene rings is 2. The van der Waals surface area contributed by atoms with Gasteiger partial charge in [0.25, 0.3) is 5.69 Å². The predicted octanol–water partition coefficient (Wildman–Crippen LogP) is 4.25. The van der Waals surface area contributed by atoms with Crippen LogP contribution < -0.4 is 0 Å². The van der Waals surface area contributed by atoms with E-state index in [1.165, 1.54) is 24.3 Å². The SMILES string of the molecule is CC(C)(C)C(=O)COC(=O)c1ccccc1C(=O)c1ccc(Cl)c([N+](=O)[O-])c1. The summed E-state index contributed by atoms with van der Waals surface area (Å²) in [5.41, 5.74) is -1.11. The van der Waals surface area contributed by atoms with Gasteiger partial charge in [0, 0.05) is 22.6 Å². The first-order chi connectivity index (χ1) is 13.0. The van der Waals surface area contributed by atoms with Gasteiger partial charge in [0.1, 0.15) is 5.02 Å². The first kappa shape index (κ1) is 21.2. The molecule has 7 nitrogen and oxygen atoms in total. The number of carbonyl (C=O) groups excluding carboxylic acids is 3. The van der Waals surface area contributed by atoms with Crippen molar-refractivity contribution >= 4 is 34.8 Å². The van der Waals surface area contributed by atoms with E-state index >= 15 is 0 Å². The Kier molecular flexibility index (Phi) is 6.30. The number of rotatable bonds is 6. The van der Waals surface area contributed by atoms with Crippen LogP contribution in [-0.4, -0.2) is 29.1 Å². The molecule has 0 unspecified atom stereocenters. The van der Waals surface area contributed by atoms with Gasteiger partial charge in [0.15, 0.2) is 18.2 Å². The number of nitro benzene ring substituents is 1. The molecule has 2 rings (SSSR count). The number of carbonyl (C=O) groups is 3. The van der Waals surface area contributed by atoms with Gasteiger partial charge < -0.3 is 4.74 Å². The molecule has 0 fully saturated rings. The molecule has 0 radical (unpaired) electrons. The van der Waals surface area contributed by atoms with Crippen LogP contribution in [0.2, 0.25) is 5.02 Å². The van der Waals surface area contributed by atoms with Crippen LogP contribution >= 0.6 is 11.6 Å². The monoisotopic (exact) mass is 403 g/mol. The molecular formula is C20H18ClNO6. The van der Waals surface area contributed by atoms with E-state index in [-0.39, 0.29) is 27.5 Å². The highest BCUT2D eigenvalue weighted by molar-refractivity contribution is 6.33. The van der Waals surface area contributed by atoms with Crippen molar-refractivity contribution in [2.75, 3.05) is 6.61 Å². The maximum absolute atomic E-state index is 12.8. The predicted molar refractivity (Wildman–Crippen MR) is 103 cm³/mol. The normalized spacial score (nSPS) is 11.0. The van der Waals surface area contributed by atoms with Crippen molar-refractivity contribution in [3.63, 3.8) is 0 Å². The zero-order valence-corrected chi connectivity index (χ0v) is 16.3. The molecule has 2 aromatic rings. The Morgan fingerprint density at radius 1 is 1.07 bits per heavy atom. The van der Waals surface area contributed by atoms with Gasteiger partial charge in [-0.3, -0.25) is 19.7 Å². The molecule has 146 valence electrons. The summed E-state index contributed by atoms with van der Waals surface area (Å²) in [7, 11) is 0. The van der Waals surface area contributed by atoms with Crippen LogP contribution in [0, 0.1) is 15.5 Å². The highest BCUT2D eigenvalue weighted by Gasteiger charge is 2.25. The van der Waals surface area contributed by atoms with Crippen molar-refractivity contribution < 1.29 is 24.0 Å². The molecule has 0 aliphatic heterocycles. The summed E-state index contributed by atoms with van der Waals surface area (Å²) in [6.07, 6.45) is 0. The number of esters is 1. The van der Waals surface area contributed by atoms with Gasteiger partial charge in [0.2, 0.25) is 0 Å². The molecule has 0 N–H and O–H groups in total. The molecule has 0 saturated heterocycles. The van der Waals surface area contributed by atoms with Gasteiger partial charge >= 0.3 is 5.97 Å². The van der Waals surface area contributed by atoms with Gasteiger partial charge in [-0.05, 0) is 18.2 Å². The van der Waals surface area contributed by atoms with Crippen molar-refractivity contribution in [3.05, 3.63) is 74.3 Å². The van der Waals surface area contributed by atoms with E-state index in [1.54, 1.807) is 32.9 Å². The summed E-state index contributed by atoms with van der Waals surface area (Å²) in [6, 6.07) is 9.53. The lowest BCUT2D eigenvalue weighted by Gasteiger charge is -2.16. The fourth-order valence-corrected chi connectivity index (χ4v) is 2.42. The molecule has 0 spiro atoms. The smallest absolute Gasteiger partial charge is 0.339 e. The first-order valence-electron chi connectivity index (χ1n) is 8.30. The Bertz CT molecular complexity index is 961. The van der Waals surface area contributed by atoms with Crippen LogP contribution in [0.3, 0.4) is 0 Å². The third-order valence-corrected chi connectivity index (χ3v) is 4.29. The Balaban J connectivity index is 2.32. The van der Waals surface area contributed by atoms with E-state index in [2.05, 4.69) is 0 Å². The Labute approximate surface area is 166 Å². The second-order valence-corrected chi connectivity index (χ2v) is 7.45. The third-order valence-electron chi connectivity index (χ3n) is 3.97. The highest BCUT2D eigenvalue weighted by atomic mass is 35.5. The molecule has 0 bridgehead atoms. The third kappa shape index (κ3) is 4.80. The fraction of sp³-hybridized carbons (Fsp3) is 0.250. The summed E-state index contributed by atoms with van der Waals surface area (Å²) >= 11 is 5.77. The molecule has 0 aliphatic rings. The number of Topliss-reactive ketones (excluding diaryl/α,β-unsaturated/α-hetero) is 1. The summed E-state index contributed by atoms with van der Waals surface area (Å²) in [4.78, 5) is 47.5. The number of halogens is 1. The van der Waals surface area contributed by atoms with Crippen LogP contribution in [0.4, 0.5) is 5.69 Å². The Morgan fingerprint density at radius 2 is 1.68 bits per heavy atom. The van der Waals surface area contributed by atoms with E-state index in [1.807, 2.05) is 0 Å². The van der Waals surface area contributed by atoms with Crippen LogP contribution in [0.1, 0.15) is 47.1 Å². The van der Waals surface area contributed by atoms with Crippen molar-refractivity contribution in [2.24, 2.45) is 5.41 Å². The molecule has 0 atom stereocenters. The molecule has 0 heterocycles. The topological polar surface area (TPSA) is 104 Å². The summed E-state index contributed by atoms with van der Waals surface area (Å²) in [6.45, 7) is 4.69. The number of nitrogens with zero attached hydrogens (tertiary/aromatic N) is 1. The number of nitro groups is 1. The Hall–Kier alpha value is -3.06. The lowest BCUT2D eigenvalue weighted by atomic mass is 9.91. The number of hydrogen-bond acceptors (Lipinski definition) is 6. The lowest BCUT2D eigenvalue weighted by molar-refractivity contribution is -0.384. The molecule has 0 saturated carbocycles. The minimum Gasteiger partial charge on any atom is -0.454 e. The van der Waals surface area contributed by atoms with Crippen LogP contribution in [-0.2, 0) is 9.53 Å². The van der Waals surface area contributed by atoms with E-state index in [4.69, 9.17) is 16.3 Å². The van der Waals surface area contributed by atoms with Crippen LogP contribution in [0.25, 0.3) is 0 Å². The zero-order valence-electron chi connectivity index (χ0n) is 15.5.